The van der Waals surface area contributed by atoms with Gasteiger partial charge in [-0.2, -0.15) is 0 Å². The molecule has 14 heavy (non-hydrogen) atoms. The molecule has 0 spiro atoms. The minimum absolute atomic E-state index is 0.239. The summed E-state index contributed by atoms with van der Waals surface area (Å²) in [5.41, 5.74) is 1.82. The van der Waals surface area contributed by atoms with Crippen LogP contribution in [-0.2, 0) is 7.05 Å². The minimum Gasteiger partial charge on any atom is -0.478 e. The third-order valence-electron chi connectivity index (χ3n) is 2.01. The van der Waals surface area contributed by atoms with E-state index in [-0.39, 0.29) is 5.56 Å². The highest BCUT2D eigenvalue weighted by Crippen LogP contribution is 2.24. The smallest absolute Gasteiger partial charge is 0.335 e. The van der Waals surface area contributed by atoms with Gasteiger partial charge in [0.05, 0.1) is 22.9 Å². The number of carboxylic acids is 1. The fourth-order valence-corrected chi connectivity index (χ4v) is 2.09. The van der Waals surface area contributed by atoms with Crippen molar-refractivity contribution in [1.82, 2.24) is 9.55 Å². The molecule has 0 atom stereocenters. The van der Waals surface area contributed by atoms with Gasteiger partial charge in [0.25, 0.3) is 0 Å². The van der Waals surface area contributed by atoms with Crippen LogP contribution in [0, 0.1) is 0 Å². The normalized spacial score (nSPS) is 10.7. The lowest BCUT2D eigenvalue weighted by molar-refractivity contribution is 0.0697. The fraction of sp³-hybridized carbons (Fsp3) is 0.111. The topological polar surface area (TPSA) is 55.1 Å². The first-order valence-electron chi connectivity index (χ1n) is 3.93. The van der Waals surface area contributed by atoms with Crippen molar-refractivity contribution in [3.63, 3.8) is 0 Å². The van der Waals surface area contributed by atoms with Gasteiger partial charge in [0.1, 0.15) is 0 Å². The van der Waals surface area contributed by atoms with Gasteiger partial charge in [0, 0.05) is 11.5 Å². The predicted octanol–water partition coefficient (Wildman–Crippen LogP) is 2.03. The molecule has 0 radical (unpaired) electrons. The number of aryl methyl sites for hydroxylation is 1. The molecule has 2 rings (SSSR count). The van der Waals surface area contributed by atoms with E-state index in [1.165, 1.54) is 0 Å². The Balaban J connectivity index is 2.80. The van der Waals surface area contributed by atoms with Gasteiger partial charge in [-0.25, -0.2) is 9.78 Å². The summed E-state index contributed by atoms with van der Waals surface area (Å²) in [5, 5.41) is 8.82. The number of benzene rings is 1. The summed E-state index contributed by atoms with van der Waals surface area (Å²) in [4.78, 5) is 14.8. The van der Waals surface area contributed by atoms with E-state index in [0.717, 1.165) is 9.99 Å². The summed E-state index contributed by atoms with van der Waals surface area (Å²) >= 11 is 3.32. The summed E-state index contributed by atoms with van der Waals surface area (Å²) in [6.07, 6.45) is 1.65. The molecule has 0 saturated heterocycles. The number of hydrogen-bond donors (Lipinski definition) is 1. The second kappa shape index (κ2) is 3.09. The summed E-state index contributed by atoms with van der Waals surface area (Å²) in [5.74, 6) is -0.946. The molecule has 4 nitrogen and oxygen atoms in total. The van der Waals surface area contributed by atoms with Gasteiger partial charge < -0.3 is 9.67 Å². The molecule has 0 amide bonds. The zero-order chi connectivity index (χ0) is 10.3. The van der Waals surface area contributed by atoms with Crippen molar-refractivity contribution in [2.24, 2.45) is 7.05 Å². The molecule has 5 heteroatoms. The maximum absolute atomic E-state index is 10.7. The van der Waals surface area contributed by atoms with Crippen LogP contribution in [0.25, 0.3) is 11.0 Å². The van der Waals surface area contributed by atoms with Crippen LogP contribution in [0.5, 0.6) is 0 Å². The van der Waals surface area contributed by atoms with Crippen molar-refractivity contribution < 1.29 is 9.90 Å². The van der Waals surface area contributed by atoms with Crippen LogP contribution in [0.3, 0.4) is 0 Å². The zero-order valence-electron chi connectivity index (χ0n) is 7.36. The average molecular weight is 255 g/mol. The Kier molecular flexibility index (Phi) is 2.03. The lowest BCUT2D eigenvalue weighted by Crippen LogP contribution is -1.96. The van der Waals surface area contributed by atoms with E-state index in [1.807, 2.05) is 11.6 Å². The summed E-state index contributed by atoms with van der Waals surface area (Å²) in [6.45, 7) is 0. The van der Waals surface area contributed by atoms with E-state index in [2.05, 4.69) is 20.9 Å². The first-order valence-corrected chi connectivity index (χ1v) is 4.73. The first-order chi connectivity index (χ1) is 6.59. The Labute approximate surface area is 88.3 Å². The standard InChI is InChI=1S/C9H7BrN2O2/c1-12-4-11-7-3-5(9(13)14)2-6(10)8(7)12/h2-4H,1H3,(H,13,14). The fourth-order valence-electron chi connectivity index (χ4n) is 1.36. The molecule has 0 unspecified atom stereocenters. The first kappa shape index (κ1) is 9.21. The van der Waals surface area contributed by atoms with E-state index in [1.54, 1.807) is 18.5 Å². The molecular weight excluding hydrogens is 248 g/mol. The van der Waals surface area contributed by atoms with Gasteiger partial charge >= 0.3 is 5.97 Å². The monoisotopic (exact) mass is 254 g/mol. The molecule has 1 aromatic carbocycles. The second-order valence-corrected chi connectivity index (χ2v) is 3.84. The number of aromatic carboxylic acids is 1. The second-order valence-electron chi connectivity index (χ2n) is 2.99. The highest BCUT2D eigenvalue weighted by molar-refractivity contribution is 9.10. The number of halogens is 1. The lowest BCUT2D eigenvalue weighted by atomic mass is 10.2. The van der Waals surface area contributed by atoms with Gasteiger partial charge in [-0.15, -0.1) is 0 Å². The van der Waals surface area contributed by atoms with Crippen molar-refractivity contribution in [2.45, 2.75) is 0 Å². The number of carbonyl (C=O) groups is 1. The lowest BCUT2D eigenvalue weighted by Gasteiger charge is -1.99. The largest absolute Gasteiger partial charge is 0.478 e. The Morgan fingerprint density at radius 3 is 2.93 bits per heavy atom. The van der Waals surface area contributed by atoms with Crippen LogP contribution in [0.1, 0.15) is 10.4 Å². The molecule has 0 bridgehead atoms. The number of nitrogens with zero attached hydrogens (tertiary/aromatic N) is 2. The molecule has 0 fully saturated rings. The quantitative estimate of drug-likeness (QED) is 0.848. The Hall–Kier alpha value is -1.36. The predicted molar refractivity (Wildman–Crippen MR) is 55.4 cm³/mol. The molecule has 0 saturated carbocycles. The van der Waals surface area contributed by atoms with Crippen LogP contribution in [0.2, 0.25) is 0 Å². The Bertz CT molecular complexity index is 519. The van der Waals surface area contributed by atoms with E-state index in [4.69, 9.17) is 5.11 Å². The van der Waals surface area contributed by atoms with E-state index in [0.29, 0.717) is 5.52 Å². The van der Waals surface area contributed by atoms with Crippen LogP contribution in [-0.4, -0.2) is 20.6 Å². The maximum atomic E-state index is 10.7. The average Bonchev–Trinajstić information content (AvgIpc) is 2.48. The number of rotatable bonds is 1. The third-order valence-corrected chi connectivity index (χ3v) is 2.62. The van der Waals surface area contributed by atoms with E-state index >= 15 is 0 Å². The third kappa shape index (κ3) is 1.29. The summed E-state index contributed by atoms with van der Waals surface area (Å²) in [7, 11) is 1.86. The SMILES string of the molecule is Cn1cnc2cc(C(=O)O)cc(Br)c21. The number of aromatic nitrogens is 2. The van der Waals surface area contributed by atoms with Crippen LogP contribution < -0.4 is 0 Å². The van der Waals surface area contributed by atoms with E-state index < -0.39 is 5.97 Å². The van der Waals surface area contributed by atoms with Gasteiger partial charge in [-0.1, -0.05) is 0 Å². The highest BCUT2D eigenvalue weighted by Gasteiger charge is 2.10. The molecule has 0 aliphatic heterocycles. The molecule has 1 aromatic heterocycles. The van der Waals surface area contributed by atoms with Gasteiger partial charge in [0.15, 0.2) is 0 Å². The van der Waals surface area contributed by atoms with Crippen LogP contribution in [0.15, 0.2) is 22.9 Å². The maximum Gasteiger partial charge on any atom is 0.335 e. The van der Waals surface area contributed by atoms with Crippen LogP contribution in [0.4, 0.5) is 0 Å². The molecule has 1 heterocycles. The van der Waals surface area contributed by atoms with Crippen LogP contribution >= 0.6 is 15.9 Å². The molecular formula is C9H7BrN2O2. The molecule has 1 N–H and O–H groups in total. The zero-order valence-corrected chi connectivity index (χ0v) is 8.95. The molecule has 0 aliphatic rings. The summed E-state index contributed by atoms with van der Waals surface area (Å²) in [6, 6.07) is 3.13. The van der Waals surface area contributed by atoms with Gasteiger partial charge in [0.2, 0.25) is 0 Å². The molecule has 72 valence electrons. The number of fused-ring (bicyclic) bond motifs is 1. The van der Waals surface area contributed by atoms with Crippen molar-refractivity contribution in [3.05, 3.63) is 28.5 Å². The van der Waals surface area contributed by atoms with Crippen molar-refractivity contribution in [3.8, 4) is 0 Å². The molecule has 0 aliphatic carbocycles. The van der Waals surface area contributed by atoms with Gasteiger partial charge in [-0.3, -0.25) is 0 Å². The molecule has 2 aromatic rings. The van der Waals surface area contributed by atoms with Gasteiger partial charge in [-0.05, 0) is 28.1 Å². The minimum atomic E-state index is -0.946. The van der Waals surface area contributed by atoms with Crippen molar-refractivity contribution >= 4 is 32.9 Å². The Morgan fingerprint density at radius 1 is 1.57 bits per heavy atom. The summed E-state index contributed by atoms with van der Waals surface area (Å²) < 4.78 is 2.58. The van der Waals surface area contributed by atoms with E-state index in [9.17, 15) is 4.79 Å². The number of hydrogen-bond acceptors (Lipinski definition) is 2. The highest BCUT2D eigenvalue weighted by atomic mass is 79.9. The number of imidazole rings is 1. The Morgan fingerprint density at radius 2 is 2.29 bits per heavy atom. The van der Waals surface area contributed by atoms with Crippen molar-refractivity contribution in [2.75, 3.05) is 0 Å². The number of carboxylic acid groups (broad SMARTS) is 1. The van der Waals surface area contributed by atoms with Crippen molar-refractivity contribution in [1.29, 1.82) is 0 Å².